The Morgan fingerprint density at radius 3 is 2.36 bits per heavy atom. The number of anilines is 1. The summed E-state index contributed by atoms with van der Waals surface area (Å²) in [5.74, 6) is -1.86. The summed E-state index contributed by atoms with van der Waals surface area (Å²) in [6, 6.07) is 2.68. The molecule has 0 aromatic heterocycles. The third-order valence-corrected chi connectivity index (χ3v) is 2.91. The lowest BCUT2D eigenvalue weighted by molar-refractivity contribution is 0.508. The fourth-order valence-electron chi connectivity index (χ4n) is 1.68. The first-order chi connectivity index (χ1) is 6.59. The van der Waals surface area contributed by atoms with Crippen molar-refractivity contribution < 1.29 is 8.78 Å². The first-order valence-corrected chi connectivity index (χ1v) is 4.54. The first-order valence-electron chi connectivity index (χ1n) is 4.54. The van der Waals surface area contributed by atoms with E-state index in [0.717, 1.165) is 18.4 Å². The number of halogens is 2. The van der Waals surface area contributed by atoms with Crippen molar-refractivity contribution in [2.45, 2.75) is 18.3 Å². The molecular weight excluding hydrogens is 186 g/mol. The van der Waals surface area contributed by atoms with Crippen LogP contribution in [-0.2, 0) is 5.41 Å². The summed E-state index contributed by atoms with van der Waals surface area (Å²) in [6.07, 6.45) is 1.85. The SMILES string of the molecule is NCC1(c2cc(N)c(F)c(F)c2)CC1. The van der Waals surface area contributed by atoms with Gasteiger partial charge in [-0.25, -0.2) is 8.78 Å². The van der Waals surface area contributed by atoms with Crippen LogP contribution in [0.4, 0.5) is 14.5 Å². The van der Waals surface area contributed by atoms with Gasteiger partial charge >= 0.3 is 0 Å². The van der Waals surface area contributed by atoms with Gasteiger partial charge in [-0.15, -0.1) is 0 Å². The van der Waals surface area contributed by atoms with Gasteiger partial charge in [0.05, 0.1) is 5.69 Å². The molecule has 0 amide bonds. The molecule has 1 saturated carbocycles. The Balaban J connectivity index is 2.46. The first kappa shape index (κ1) is 9.40. The lowest BCUT2D eigenvalue weighted by Gasteiger charge is -2.13. The molecule has 0 spiro atoms. The number of rotatable bonds is 2. The van der Waals surface area contributed by atoms with Crippen LogP contribution in [0.2, 0.25) is 0 Å². The second-order valence-electron chi connectivity index (χ2n) is 3.85. The largest absolute Gasteiger partial charge is 0.396 e. The topological polar surface area (TPSA) is 52.0 Å². The van der Waals surface area contributed by atoms with Gasteiger partial charge in [-0.2, -0.15) is 0 Å². The van der Waals surface area contributed by atoms with Crippen molar-refractivity contribution in [1.82, 2.24) is 0 Å². The summed E-state index contributed by atoms with van der Waals surface area (Å²) >= 11 is 0. The lowest BCUT2D eigenvalue weighted by Crippen LogP contribution is -2.20. The van der Waals surface area contributed by atoms with E-state index in [1.165, 1.54) is 12.1 Å². The number of nitrogen functional groups attached to an aromatic ring is 1. The van der Waals surface area contributed by atoms with Crippen molar-refractivity contribution in [3.05, 3.63) is 29.3 Å². The van der Waals surface area contributed by atoms with Crippen molar-refractivity contribution in [2.24, 2.45) is 5.73 Å². The third kappa shape index (κ3) is 1.26. The molecular formula is C10H12F2N2. The maximum absolute atomic E-state index is 13.0. The molecule has 1 fully saturated rings. The summed E-state index contributed by atoms with van der Waals surface area (Å²) in [7, 11) is 0. The van der Waals surface area contributed by atoms with Crippen LogP contribution in [-0.4, -0.2) is 6.54 Å². The van der Waals surface area contributed by atoms with Gasteiger partial charge in [0.1, 0.15) is 0 Å². The lowest BCUT2D eigenvalue weighted by atomic mass is 9.95. The molecule has 0 aliphatic heterocycles. The van der Waals surface area contributed by atoms with Crippen LogP contribution >= 0.6 is 0 Å². The average molecular weight is 198 g/mol. The van der Waals surface area contributed by atoms with Gasteiger partial charge in [0, 0.05) is 12.0 Å². The van der Waals surface area contributed by atoms with Gasteiger partial charge in [0.15, 0.2) is 11.6 Å². The maximum atomic E-state index is 13.0. The summed E-state index contributed by atoms with van der Waals surface area (Å²) in [6.45, 7) is 0.456. The maximum Gasteiger partial charge on any atom is 0.181 e. The Morgan fingerprint density at radius 1 is 1.29 bits per heavy atom. The quantitative estimate of drug-likeness (QED) is 0.708. The molecule has 1 aliphatic carbocycles. The predicted octanol–water partition coefficient (Wildman–Crippen LogP) is 1.54. The van der Waals surface area contributed by atoms with E-state index < -0.39 is 11.6 Å². The second-order valence-corrected chi connectivity index (χ2v) is 3.85. The predicted molar refractivity (Wildman–Crippen MR) is 50.7 cm³/mol. The molecule has 1 aliphatic rings. The molecule has 4 heteroatoms. The van der Waals surface area contributed by atoms with Crippen molar-refractivity contribution >= 4 is 5.69 Å². The van der Waals surface area contributed by atoms with E-state index in [1.54, 1.807) is 0 Å². The molecule has 0 bridgehead atoms. The minimum atomic E-state index is -0.971. The van der Waals surface area contributed by atoms with Crippen LogP contribution in [0, 0.1) is 11.6 Å². The molecule has 0 heterocycles. The fraction of sp³-hybridized carbons (Fsp3) is 0.400. The minimum absolute atomic E-state index is 0.139. The molecule has 76 valence electrons. The van der Waals surface area contributed by atoms with Crippen molar-refractivity contribution in [3.63, 3.8) is 0 Å². The number of benzene rings is 1. The highest BCUT2D eigenvalue weighted by atomic mass is 19.2. The summed E-state index contributed by atoms with van der Waals surface area (Å²) in [4.78, 5) is 0. The highest BCUT2D eigenvalue weighted by Gasteiger charge is 2.43. The van der Waals surface area contributed by atoms with Crippen LogP contribution in [0.5, 0.6) is 0 Å². The van der Waals surface area contributed by atoms with E-state index in [-0.39, 0.29) is 11.1 Å². The van der Waals surface area contributed by atoms with Gasteiger partial charge in [-0.3, -0.25) is 0 Å². The standard InChI is InChI=1S/C10H12F2N2/c11-7-3-6(4-8(14)9(7)12)10(5-13)1-2-10/h3-4H,1-2,5,13-14H2. The van der Waals surface area contributed by atoms with Crippen LogP contribution in [0.25, 0.3) is 0 Å². The zero-order valence-electron chi connectivity index (χ0n) is 7.69. The van der Waals surface area contributed by atoms with Crippen molar-refractivity contribution in [3.8, 4) is 0 Å². The van der Waals surface area contributed by atoms with Crippen LogP contribution < -0.4 is 11.5 Å². The summed E-state index contributed by atoms with van der Waals surface area (Å²) in [5, 5.41) is 0. The monoisotopic (exact) mass is 198 g/mol. The molecule has 2 nitrogen and oxygen atoms in total. The Hall–Kier alpha value is -1.16. The van der Waals surface area contributed by atoms with Crippen LogP contribution in [0.15, 0.2) is 12.1 Å². The van der Waals surface area contributed by atoms with E-state index >= 15 is 0 Å². The second kappa shape index (κ2) is 2.92. The molecule has 2 rings (SSSR count). The molecule has 0 radical (unpaired) electrons. The average Bonchev–Trinajstić information content (AvgIpc) is 2.94. The molecule has 0 atom stereocenters. The highest BCUT2D eigenvalue weighted by Crippen LogP contribution is 2.47. The Kier molecular flexibility index (Phi) is 1.96. The zero-order valence-corrected chi connectivity index (χ0v) is 7.69. The van der Waals surface area contributed by atoms with E-state index in [1.807, 2.05) is 0 Å². The zero-order chi connectivity index (χ0) is 10.3. The van der Waals surface area contributed by atoms with E-state index in [9.17, 15) is 8.78 Å². The molecule has 1 aromatic rings. The Bertz CT molecular complexity index is 349. The molecule has 0 saturated heterocycles. The normalized spacial score (nSPS) is 18.2. The van der Waals surface area contributed by atoms with Crippen molar-refractivity contribution in [2.75, 3.05) is 12.3 Å². The van der Waals surface area contributed by atoms with Gasteiger partial charge < -0.3 is 11.5 Å². The van der Waals surface area contributed by atoms with Gasteiger partial charge in [0.25, 0.3) is 0 Å². The van der Waals surface area contributed by atoms with Crippen LogP contribution in [0.3, 0.4) is 0 Å². The number of hydrogen-bond donors (Lipinski definition) is 2. The van der Waals surface area contributed by atoms with E-state index in [2.05, 4.69) is 0 Å². The smallest absolute Gasteiger partial charge is 0.181 e. The van der Waals surface area contributed by atoms with Crippen LogP contribution in [0.1, 0.15) is 18.4 Å². The number of nitrogens with two attached hydrogens (primary N) is 2. The van der Waals surface area contributed by atoms with Gasteiger partial charge in [-0.1, -0.05) is 0 Å². The third-order valence-electron chi connectivity index (χ3n) is 2.91. The minimum Gasteiger partial charge on any atom is -0.396 e. The summed E-state index contributed by atoms with van der Waals surface area (Å²) in [5.41, 5.74) is 11.4. The van der Waals surface area contributed by atoms with E-state index in [4.69, 9.17) is 11.5 Å². The molecule has 1 aromatic carbocycles. The van der Waals surface area contributed by atoms with Crippen molar-refractivity contribution in [1.29, 1.82) is 0 Å². The molecule has 4 N–H and O–H groups in total. The van der Waals surface area contributed by atoms with E-state index in [0.29, 0.717) is 6.54 Å². The number of hydrogen-bond acceptors (Lipinski definition) is 2. The summed E-state index contributed by atoms with van der Waals surface area (Å²) < 4.78 is 25.9. The van der Waals surface area contributed by atoms with Gasteiger partial charge in [0.2, 0.25) is 0 Å². The molecule has 0 unspecified atom stereocenters. The fourth-order valence-corrected chi connectivity index (χ4v) is 1.68. The van der Waals surface area contributed by atoms with Gasteiger partial charge in [-0.05, 0) is 30.5 Å². The highest BCUT2D eigenvalue weighted by molar-refractivity contribution is 5.47. The Morgan fingerprint density at radius 2 is 1.93 bits per heavy atom. The Labute approximate surface area is 80.9 Å². The molecule has 14 heavy (non-hydrogen) atoms.